The summed E-state index contributed by atoms with van der Waals surface area (Å²) in [5, 5.41) is 13.9. The van der Waals surface area contributed by atoms with Crippen LogP contribution in [0.25, 0.3) is 0 Å². The van der Waals surface area contributed by atoms with Gasteiger partial charge in [-0.05, 0) is 31.2 Å². The standard InChI is InChI=1S/C19H16N4O4S2/c1-11-2-4-12(5-3-11)17(25)21-18-22-23-19(29-18)28-9-16(24)20-13-6-7-14-15(8-13)27-10-26-14/h2-8H,9-10H2,1H3,(H,20,24)(H,21,22,25). The molecule has 148 valence electrons. The van der Waals surface area contributed by atoms with Crippen LogP contribution in [0, 0.1) is 6.92 Å². The molecule has 8 nitrogen and oxygen atoms in total. The van der Waals surface area contributed by atoms with Crippen molar-refractivity contribution in [2.45, 2.75) is 11.3 Å². The molecule has 0 fully saturated rings. The Morgan fingerprint density at radius 3 is 2.69 bits per heavy atom. The molecule has 0 atom stereocenters. The molecule has 0 unspecified atom stereocenters. The number of fused-ring (bicyclic) bond motifs is 1. The zero-order valence-electron chi connectivity index (χ0n) is 15.3. The van der Waals surface area contributed by atoms with Gasteiger partial charge in [-0.1, -0.05) is 40.8 Å². The van der Waals surface area contributed by atoms with Crippen LogP contribution in [0.2, 0.25) is 0 Å². The van der Waals surface area contributed by atoms with Crippen molar-refractivity contribution in [1.29, 1.82) is 0 Å². The molecule has 2 N–H and O–H groups in total. The highest BCUT2D eigenvalue weighted by molar-refractivity contribution is 8.01. The van der Waals surface area contributed by atoms with E-state index in [9.17, 15) is 9.59 Å². The van der Waals surface area contributed by atoms with Crippen molar-refractivity contribution in [3.05, 3.63) is 53.6 Å². The Morgan fingerprint density at radius 1 is 1.07 bits per heavy atom. The Balaban J connectivity index is 1.28. The second-order valence-corrected chi connectivity index (χ2v) is 8.30. The Labute approximate surface area is 174 Å². The van der Waals surface area contributed by atoms with Gasteiger partial charge in [0.2, 0.25) is 17.8 Å². The smallest absolute Gasteiger partial charge is 0.257 e. The largest absolute Gasteiger partial charge is 0.454 e. The first kappa shape index (κ1) is 19.2. The highest BCUT2D eigenvalue weighted by atomic mass is 32.2. The van der Waals surface area contributed by atoms with Crippen LogP contribution < -0.4 is 20.1 Å². The summed E-state index contributed by atoms with van der Waals surface area (Å²) in [6.07, 6.45) is 0. The second kappa shape index (κ2) is 8.50. The van der Waals surface area contributed by atoms with E-state index in [1.165, 1.54) is 23.1 Å². The van der Waals surface area contributed by atoms with Crippen molar-refractivity contribution in [2.75, 3.05) is 23.2 Å². The second-order valence-electron chi connectivity index (χ2n) is 6.10. The quantitative estimate of drug-likeness (QED) is 0.457. The van der Waals surface area contributed by atoms with E-state index in [1.54, 1.807) is 30.3 Å². The molecule has 1 aliphatic heterocycles. The Hall–Kier alpha value is -3.11. The van der Waals surface area contributed by atoms with Gasteiger partial charge in [0.1, 0.15) is 0 Å². The molecule has 0 aliphatic carbocycles. The van der Waals surface area contributed by atoms with E-state index in [1.807, 2.05) is 19.1 Å². The van der Waals surface area contributed by atoms with E-state index in [4.69, 9.17) is 9.47 Å². The Kier molecular flexibility index (Phi) is 5.63. The number of hydrogen-bond donors (Lipinski definition) is 2. The van der Waals surface area contributed by atoms with Crippen LogP contribution in [-0.4, -0.2) is 34.6 Å². The van der Waals surface area contributed by atoms with Gasteiger partial charge < -0.3 is 14.8 Å². The van der Waals surface area contributed by atoms with Gasteiger partial charge in [0.15, 0.2) is 15.8 Å². The fourth-order valence-electron chi connectivity index (χ4n) is 2.49. The molecular weight excluding hydrogens is 412 g/mol. The highest BCUT2D eigenvalue weighted by Gasteiger charge is 2.15. The Morgan fingerprint density at radius 2 is 1.86 bits per heavy atom. The Bertz CT molecular complexity index is 1050. The number of nitrogens with one attached hydrogen (secondary N) is 2. The zero-order valence-corrected chi connectivity index (χ0v) is 16.9. The number of amides is 2. The number of benzene rings is 2. The summed E-state index contributed by atoms with van der Waals surface area (Å²) in [4.78, 5) is 24.4. The maximum atomic E-state index is 12.2. The zero-order chi connectivity index (χ0) is 20.2. The number of nitrogens with zero attached hydrogens (tertiary/aromatic N) is 2. The summed E-state index contributed by atoms with van der Waals surface area (Å²) in [6.45, 7) is 2.14. The number of carbonyl (C=O) groups excluding carboxylic acids is 2. The van der Waals surface area contributed by atoms with E-state index in [-0.39, 0.29) is 24.4 Å². The van der Waals surface area contributed by atoms with Gasteiger partial charge in [-0.15, -0.1) is 10.2 Å². The number of rotatable bonds is 6. The van der Waals surface area contributed by atoms with E-state index in [0.717, 1.165) is 5.56 Å². The minimum Gasteiger partial charge on any atom is -0.454 e. The van der Waals surface area contributed by atoms with Crippen LogP contribution in [0.4, 0.5) is 10.8 Å². The average molecular weight is 428 g/mol. The van der Waals surface area contributed by atoms with Gasteiger partial charge in [0, 0.05) is 17.3 Å². The minimum atomic E-state index is -0.252. The molecule has 10 heteroatoms. The third kappa shape index (κ3) is 4.84. The van der Waals surface area contributed by atoms with Crippen molar-refractivity contribution in [2.24, 2.45) is 0 Å². The molecule has 2 amide bonds. The van der Waals surface area contributed by atoms with Crippen molar-refractivity contribution in [1.82, 2.24) is 10.2 Å². The first-order valence-electron chi connectivity index (χ1n) is 8.61. The molecule has 0 spiro atoms. The number of ether oxygens (including phenoxy) is 2. The molecule has 29 heavy (non-hydrogen) atoms. The predicted molar refractivity (Wildman–Crippen MR) is 111 cm³/mol. The summed E-state index contributed by atoms with van der Waals surface area (Å²) < 4.78 is 11.1. The maximum Gasteiger partial charge on any atom is 0.257 e. The normalized spacial score (nSPS) is 11.9. The predicted octanol–water partition coefficient (Wildman–Crippen LogP) is 3.56. The molecule has 3 aromatic rings. The summed E-state index contributed by atoms with van der Waals surface area (Å²) >= 11 is 2.46. The lowest BCUT2D eigenvalue weighted by Crippen LogP contribution is -2.13. The lowest BCUT2D eigenvalue weighted by atomic mass is 10.1. The molecule has 0 saturated carbocycles. The van der Waals surface area contributed by atoms with Gasteiger partial charge in [0.25, 0.3) is 5.91 Å². The van der Waals surface area contributed by atoms with Crippen LogP contribution in [0.5, 0.6) is 11.5 Å². The number of hydrogen-bond acceptors (Lipinski definition) is 8. The fraction of sp³-hybridized carbons (Fsp3) is 0.158. The number of carbonyl (C=O) groups is 2. The summed E-state index contributed by atoms with van der Waals surface area (Å²) in [5.41, 5.74) is 2.25. The van der Waals surface area contributed by atoms with Crippen molar-refractivity contribution < 1.29 is 19.1 Å². The molecule has 1 aromatic heterocycles. The van der Waals surface area contributed by atoms with Gasteiger partial charge >= 0.3 is 0 Å². The number of thioether (sulfide) groups is 1. The molecule has 0 saturated heterocycles. The fourth-order valence-corrected chi connectivity index (χ4v) is 4.04. The molecular formula is C19H16N4O4S2. The van der Waals surface area contributed by atoms with Gasteiger partial charge in [-0.3, -0.25) is 14.9 Å². The summed E-state index contributed by atoms with van der Waals surface area (Å²) in [6, 6.07) is 12.5. The summed E-state index contributed by atoms with van der Waals surface area (Å²) in [5.74, 6) is 0.988. The molecule has 2 heterocycles. The van der Waals surface area contributed by atoms with Gasteiger partial charge in [-0.25, -0.2) is 0 Å². The molecule has 1 aliphatic rings. The SMILES string of the molecule is Cc1ccc(C(=O)Nc2nnc(SCC(=O)Nc3ccc4c(c3)OCO4)s2)cc1. The molecule has 0 bridgehead atoms. The van der Waals surface area contributed by atoms with Crippen LogP contribution in [0.15, 0.2) is 46.8 Å². The van der Waals surface area contributed by atoms with E-state index >= 15 is 0 Å². The molecule has 4 rings (SSSR count). The number of aryl methyl sites for hydroxylation is 1. The number of aromatic nitrogens is 2. The van der Waals surface area contributed by atoms with E-state index in [0.29, 0.717) is 32.2 Å². The van der Waals surface area contributed by atoms with Crippen molar-refractivity contribution in [3.63, 3.8) is 0 Å². The maximum absolute atomic E-state index is 12.2. The number of anilines is 2. The van der Waals surface area contributed by atoms with Crippen molar-refractivity contribution in [3.8, 4) is 11.5 Å². The van der Waals surface area contributed by atoms with Crippen LogP contribution in [-0.2, 0) is 4.79 Å². The van der Waals surface area contributed by atoms with Crippen LogP contribution >= 0.6 is 23.1 Å². The highest BCUT2D eigenvalue weighted by Crippen LogP contribution is 2.34. The molecule has 2 aromatic carbocycles. The lowest BCUT2D eigenvalue weighted by Gasteiger charge is -2.05. The summed E-state index contributed by atoms with van der Waals surface area (Å²) in [7, 11) is 0. The third-order valence-electron chi connectivity index (χ3n) is 3.92. The lowest BCUT2D eigenvalue weighted by molar-refractivity contribution is -0.113. The topological polar surface area (TPSA) is 102 Å². The monoisotopic (exact) mass is 428 g/mol. The van der Waals surface area contributed by atoms with E-state index < -0.39 is 0 Å². The average Bonchev–Trinajstić information content (AvgIpc) is 3.35. The van der Waals surface area contributed by atoms with Crippen molar-refractivity contribution >= 4 is 45.7 Å². The first-order chi connectivity index (χ1) is 14.1. The van der Waals surface area contributed by atoms with Gasteiger partial charge in [-0.2, -0.15) is 0 Å². The first-order valence-corrected chi connectivity index (χ1v) is 10.4. The van der Waals surface area contributed by atoms with Crippen LogP contribution in [0.3, 0.4) is 0 Å². The van der Waals surface area contributed by atoms with Gasteiger partial charge in [0.05, 0.1) is 5.75 Å². The van der Waals surface area contributed by atoms with Crippen LogP contribution in [0.1, 0.15) is 15.9 Å². The third-order valence-corrected chi connectivity index (χ3v) is 5.90. The minimum absolute atomic E-state index is 0.162. The van der Waals surface area contributed by atoms with E-state index in [2.05, 4.69) is 20.8 Å². The molecule has 0 radical (unpaired) electrons.